The summed E-state index contributed by atoms with van der Waals surface area (Å²) >= 11 is 6.02. The second-order valence-electron chi connectivity index (χ2n) is 7.86. The van der Waals surface area contributed by atoms with E-state index in [1.54, 1.807) is 36.4 Å². The Kier molecular flexibility index (Phi) is 6.20. The molecule has 2 fully saturated rings. The summed E-state index contributed by atoms with van der Waals surface area (Å²) in [5.41, 5.74) is 1.31. The molecule has 0 saturated carbocycles. The molecule has 2 aliphatic heterocycles. The molecule has 2 aromatic carbocycles. The number of hydrogen-bond donors (Lipinski definition) is 1. The average molecular weight is 430 g/mol. The van der Waals surface area contributed by atoms with Gasteiger partial charge in [0.1, 0.15) is 12.1 Å². The molecule has 1 N–H and O–H groups in total. The van der Waals surface area contributed by atoms with Crippen molar-refractivity contribution in [3.05, 3.63) is 70.7 Å². The number of nitrogens with zero attached hydrogens (tertiary/aromatic N) is 1. The van der Waals surface area contributed by atoms with Crippen LogP contribution in [0.1, 0.15) is 41.6 Å². The number of carbonyl (C=O) groups excluding carboxylic acids is 2. The number of rotatable bonds is 5. The maximum absolute atomic E-state index is 13.4. The van der Waals surface area contributed by atoms with Crippen LogP contribution in [0.4, 0.5) is 0 Å². The largest absolute Gasteiger partial charge is 0.387 e. The molecule has 0 bridgehead atoms. The number of amides is 1. The Labute approximate surface area is 180 Å². The number of aliphatic hydroxyl groups is 1. The zero-order valence-corrected chi connectivity index (χ0v) is 17.4. The summed E-state index contributed by atoms with van der Waals surface area (Å²) in [6.45, 7) is 2.32. The highest BCUT2D eigenvalue weighted by atomic mass is 35.5. The maximum atomic E-state index is 13.4. The molecule has 4 unspecified atom stereocenters. The molecule has 158 valence electrons. The van der Waals surface area contributed by atoms with Gasteiger partial charge >= 0.3 is 0 Å². The molecule has 0 aliphatic carbocycles. The van der Waals surface area contributed by atoms with Crippen LogP contribution in [0.15, 0.2) is 54.6 Å². The van der Waals surface area contributed by atoms with Crippen molar-refractivity contribution in [2.45, 2.75) is 44.1 Å². The van der Waals surface area contributed by atoms with Gasteiger partial charge < -0.3 is 9.84 Å². The Bertz CT molecular complexity index is 904. The number of benzene rings is 2. The molecule has 2 aliphatic rings. The van der Waals surface area contributed by atoms with Gasteiger partial charge in [0.15, 0.2) is 5.78 Å². The van der Waals surface area contributed by atoms with Gasteiger partial charge in [0.2, 0.25) is 12.2 Å². The van der Waals surface area contributed by atoms with Crippen LogP contribution in [0, 0.1) is 5.92 Å². The first-order valence-corrected chi connectivity index (χ1v) is 10.5. The number of ketones is 1. The van der Waals surface area contributed by atoms with E-state index in [9.17, 15) is 14.7 Å². The van der Waals surface area contributed by atoms with Gasteiger partial charge in [-0.3, -0.25) is 9.59 Å². The second-order valence-corrected chi connectivity index (χ2v) is 8.29. The number of hydrogen-bond acceptors (Lipinski definition) is 5. The number of hydroxylamine groups is 2. The van der Waals surface area contributed by atoms with Crippen molar-refractivity contribution in [1.82, 2.24) is 5.06 Å². The molecule has 0 aromatic heterocycles. The number of carbonyl (C=O) groups is 2. The van der Waals surface area contributed by atoms with Crippen molar-refractivity contribution >= 4 is 23.3 Å². The third-order valence-electron chi connectivity index (χ3n) is 5.83. The number of ether oxygens (including phenoxy) is 1. The standard InChI is InChI=1S/C23H24ClNO5/c1-14-11-12-29-23(21(14)27)30-25-19(26)13-18(15-7-9-17(24)10-8-15)20(25)22(28)16-5-3-2-4-6-16/h2-10,14,18,20-21,23,27H,11-13H2,1H3/t14?,18?,20-,21?,23?/m0/s1. The van der Waals surface area contributed by atoms with E-state index in [4.69, 9.17) is 21.2 Å². The Morgan fingerprint density at radius 1 is 1.17 bits per heavy atom. The van der Waals surface area contributed by atoms with Crippen LogP contribution < -0.4 is 0 Å². The van der Waals surface area contributed by atoms with Crippen LogP contribution in [0.3, 0.4) is 0 Å². The van der Waals surface area contributed by atoms with Gasteiger partial charge in [-0.05, 0) is 30.0 Å². The third kappa shape index (κ3) is 4.14. The third-order valence-corrected chi connectivity index (χ3v) is 6.09. The van der Waals surface area contributed by atoms with Gasteiger partial charge in [0.25, 0.3) is 0 Å². The SMILES string of the molecule is CC1CCOC(ON2C(=O)CC(c3ccc(Cl)cc3)[C@H]2C(=O)c2ccccc2)C1O. The fraction of sp³-hybridized carbons (Fsp3) is 0.391. The molecule has 2 aromatic rings. The molecule has 1 amide bonds. The molecular weight excluding hydrogens is 406 g/mol. The summed E-state index contributed by atoms with van der Waals surface area (Å²) < 4.78 is 5.57. The average Bonchev–Trinajstić information content (AvgIpc) is 3.08. The van der Waals surface area contributed by atoms with Crippen molar-refractivity contribution in [2.75, 3.05) is 6.61 Å². The van der Waals surface area contributed by atoms with Gasteiger partial charge in [-0.15, -0.1) is 0 Å². The summed E-state index contributed by atoms with van der Waals surface area (Å²) in [4.78, 5) is 32.2. The maximum Gasteiger partial charge on any atom is 0.247 e. The minimum atomic E-state index is -0.993. The molecule has 7 heteroatoms. The second kappa shape index (κ2) is 8.86. The van der Waals surface area contributed by atoms with Gasteiger partial charge in [-0.2, -0.15) is 0 Å². The Balaban J connectivity index is 1.67. The molecule has 5 atom stereocenters. The molecule has 4 rings (SSSR count). The lowest BCUT2D eigenvalue weighted by Crippen LogP contribution is -2.49. The topological polar surface area (TPSA) is 76.1 Å². The summed E-state index contributed by atoms with van der Waals surface area (Å²) in [6.07, 6.45) is -1.06. The molecule has 6 nitrogen and oxygen atoms in total. The Hall–Kier alpha value is -2.25. The first kappa shape index (κ1) is 21.0. The fourth-order valence-corrected chi connectivity index (χ4v) is 4.14. The highest BCUT2D eigenvalue weighted by Gasteiger charge is 2.48. The quantitative estimate of drug-likeness (QED) is 0.735. The fourth-order valence-electron chi connectivity index (χ4n) is 4.02. The minimum Gasteiger partial charge on any atom is -0.387 e. The summed E-state index contributed by atoms with van der Waals surface area (Å²) in [6, 6.07) is 15.1. The van der Waals surface area contributed by atoms with Gasteiger partial charge in [0, 0.05) is 22.9 Å². The van der Waals surface area contributed by atoms with E-state index in [2.05, 4.69) is 0 Å². The van der Waals surface area contributed by atoms with Gasteiger partial charge in [0.05, 0.1) is 6.61 Å². The molecular formula is C23H24ClNO5. The van der Waals surface area contributed by atoms with Crippen molar-refractivity contribution in [3.8, 4) is 0 Å². The monoisotopic (exact) mass is 429 g/mol. The van der Waals surface area contributed by atoms with Crippen molar-refractivity contribution in [2.24, 2.45) is 5.92 Å². The van der Waals surface area contributed by atoms with Crippen molar-refractivity contribution in [3.63, 3.8) is 0 Å². The lowest BCUT2D eigenvalue weighted by atomic mass is 9.87. The summed E-state index contributed by atoms with van der Waals surface area (Å²) in [7, 11) is 0. The van der Waals surface area contributed by atoms with Crippen LogP contribution >= 0.6 is 11.6 Å². The lowest BCUT2D eigenvalue weighted by molar-refractivity contribution is -0.315. The van der Waals surface area contributed by atoms with Crippen molar-refractivity contribution in [1.29, 1.82) is 0 Å². The summed E-state index contributed by atoms with van der Waals surface area (Å²) in [5, 5.41) is 12.1. The predicted molar refractivity (Wildman–Crippen MR) is 111 cm³/mol. The van der Waals surface area contributed by atoms with E-state index in [1.165, 1.54) is 0 Å². The number of halogens is 1. The first-order chi connectivity index (χ1) is 14.5. The van der Waals surface area contributed by atoms with E-state index < -0.39 is 24.4 Å². The number of aliphatic hydroxyl groups excluding tert-OH is 1. The van der Waals surface area contributed by atoms with Gasteiger partial charge in [-0.25, -0.2) is 9.90 Å². The van der Waals surface area contributed by atoms with Crippen LogP contribution in [0.25, 0.3) is 0 Å². The van der Waals surface area contributed by atoms with Crippen LogP contribution in [-0.4, -0.2) is 46.9 Å². The first-order valence-electron chi connectivity index (χ1n) is 10.1. The van der Waals surface area contributed by atoms with Gasteiger partial charge in [-0.1, -0.05) is 61.0 Å². The Morgan fingerprint density at radius 2 is 1.87 bits per heavy atom. The highest BCUT2D eigenvalue weighted by molar-refractivity contribution is 6.30. The van der Waals surface area contributed by atoms with Crippen molar-refractivity contribution < 1.29 is 24.3 Å². The molecule has 0 radical (unpaired) electrons. The zero-order valence-electron chi connectivity index (χ0n) is 16.6. The van der Waals surface area contributed by atoms with E-state index >= 15 is 0 Å². The highest BCUT2D eigenvalue weighted by Crippen LogP contribution is 2.38. The van der Waals surface area contributed by atoms with Crippen LogP contribution in [0.5, 0.6) is 0 Å². The minimum absolute atomic E-state index is 0.0307. The lowest BCUT2D eigenvalue weighted by Gasteiger charge is -2.36. The normalized spacial score (nSPS) is 29.2. The summed E-state index contributed by atoms with van der Waals surface area (Å²) in [5.74, 6) is -0.976. The van der Waals surface area contributed by atoms with Crippen LogP contribution in [-0.2, 0) is 14.4 Å². The molecule has 2 heterocycles. The van der Waals surface area contributed by atoms with E-state index in [0.29, 0.717) is 23.6 Å². The molecule has 2 saturated heterocycles. The smallest absolute Gasteiger partial charge is 0.247 e. The van der Waals surface area contributed by atoms with E-state index in [1.807, 2.05) is 25.1 Å². The Morgan fingerprint density at radius 3 is 2.57 bits per heavy atom. The van der Waals surface area contributed by atoms with E-state index in [0.717, 1.165) is 10.6 Å². The number of Topliss-reactive ketones (excluding diaryl/α,β-unsaturated/α-hetero) is 1. The van der Waals surface area contributed by atoms with E-state index in [-0.39, 0.29) is 24.0 Å². The zero-order chi connectivity index (χ0) is 21.3. The van der Waals surface area contributed by atoms with Crippen LogP contribution in [0.2, 0.25) is 5.02 Å². The predicted octanol–water partition coefficient (Wildman–Crippen LogP) is 3.58. The molecule has 0 spiro atoms. The molecule has 30 heavy (non-hydrogen) atoms.